The second-order valence-electron chi connectivity index (χ2n) is 9.55. The minimum Gasteiger partial charge on any atom is -0.454 e. The Labute approximate surface area is 215 Å². The molecular weight excluding hydrogens is 490 g/mol. The quantitative estimate of drug-likeness (QED) is 0.226. The number of fused-ring (bicyclic) bond motifs is 6. The first-order valence-electron chi connectivity index (χ1n) is 12.0. The Balaban J connectivity index is 1.34. The van der Waals surface area contributed by atoms with Crippen LogP contribution in [0, 0.1) is 22.0 Å². The number of nitrogens with zero attached hydrogens (tertiary/aromatic N) is 3. The molecule has 4 aliphatic heterocycles. The van der Waals surface area contributed by atoms with E-state index in [4.69, 9.17) is 9.47 Å². The Bertz CT molecular complexity index is 1580. The number of Topliss-reactive ketones (excluding diaryl/α,β-unsaturated/α-hetero) is 1. The lowest BCUT2D eigenvalue weighted by Crippen LogP contribution is -2.44. The molecular formula is C28H19N3O7. The van der Waals surface area contributed by atoms with E-state index in [9.17, 15) is 24.5 Å². The number of benzene rings is 3. The molecule has 4 heterocycles. The van der Waals surface area contributed by atoms with Crippen LogP contribution in [-0.2, 0) is 9.59 Å². The summed E-state index contributed by atoms with van der Waals surface area (Å²) in [6, 6.07) is 16.3. The number of nitro groups is 1. The van der Waals surface area contributed by atoms with Gasteiger partial charge in [0.15, 0.2) is 17.3 Å². The normalized spacial score (nSPS) is 24.3. The van der Waals surface area contributed by atoms with Gasteiger partial charge in [-0.1, -0.05) is 24.3 Å². The Morgan fingerprint density at radius 3 is 2.45 bits per heavy atom. The molecule has 188 valence electrons. The molecule has 0 aromatic heterocycles. The SMILES string of the molecule is O=C(c1ccc([N+](=O)[O-])cc1)C1C2C(=O)N(c3ccc4c(c3)OCO4)C(=O)C2C2c3ccccc3C=CN12. The molecule has 3 aromatic rings. The molecule has 7 rings (SSSR count). The summed E-state index contributed by atoms with van der Waals surface area (Å²) >= 11 is 0. The van der Waals surface area contributed by atoms with Crippen molar-refractivity contribution in [1.29, 1.82) is 0 Å². The zero-order valence-electron chi connectivity index (χ0n) is 19.7. The lowest BCUT2D eigenvalue weighted by Gasteiger charge is -2.35. The van der Waals surface area contributed by atoms with Crippen LogP contribution in [0.1, 0.15) is 27.5 Å². The highest BCUT2D eigenvalue weighted by Gasteiger charge is 2.64. The monoisotopic (exact) mass is 509 g/mol. The van der Waals surface area contributed by atoms with Crippen molar-refractivity contribution in [3.63, 3.8) is 0 Å². The zero-order chi connectivity index (χ0) is 26.1. The Morgan fingerprint density at radius 1 is 0.921 bits per heavy atom. The van der Waals surface area contributed by atoms with E-state index in [1.165, 1.54) is 24.3 Å². The van der Waals surface area contributed by atoms with E-state index in [1.54, 1.807) is 29.3 Å². The van der Waals surface area contributed by atoms with Crippen molar-refractivity contribution in [2.75, 3.05) is 11.7 Å². The molecule has 4 unspecified atom stereocenters. The average Bonchev–Trinajstić information content (AvgIpc) is 3.61. The number of hydrogen-bond acceptors (Lipinski definition) is 8. The molecule has 0 bridgehead atoms. The van der Waals surface area contributed by atoms with Gasteiger partial charge < -0.3 is 14.4 Å². The van der Waals surface area contributed by atoms with Crippen LogP contribution in [0.2, 0.25) is 0 Å². The van der Waals surface area contributed by atoms with Gasteiger partial charge in [-0.3, -0.25) is 24.5 Å². The van der Waals surface area contributed by atoms with Crippen LogP contribution in [0.15, 0.2) is 72.9 Å². The minimum atomic E-state index is -0.966. The third kappa shape index (κ3) is 3.03. The number of carbonyl (C=O) groups is 3. The Morgan fingerprint density at radius 2 is 1.66 bits per heavy atom. The summed E-state index contributed by atoms with van der Waals surface area (Å²) in [5.41, 5.74) is 2.22. The topological polar surface area (TPSA) is 119 Å². The van der Waals surface area contributed by atoms with Gasteiger partial charge in [-0.2, -0.15) is 0 Å². The summed E-state index contributed by atoms with van der Waals surface area (Å²) in [6.07, 6.45) is 3.64. The second kappa shape index (κ2) is 8.01. The summed E-state index contributed by atoms with van der Waals surface area (Å²) in [5.74, 6) is -2.03. The highest BCUT2D eigenvalue weighted by molar-refractivity contribution is 6.24. The van der Waals surface area contributed by atoms with Crippen LogP contribution < -0.4 is 14.4 Å². The number of amides is 2. The van der Waals surface area contributed by atoms with Gasteiger partial charge in [-0.25, -0.2) is 4.90 Å². The number of ether oxygens (including phenoxy) is 2. The van der Waals surface area contributed by atoms with Crippen LogP contribution in [-0.4, -0.2) is 40.3 Å². The fourth-order valence-electron chi connectivity index (χ4n) is 6.05. The number of anilines is 1. The van der Waals surface area contributed by atoms with E-state index < -0.39 is 40.7 Å². The molecule has 2 saturated heterocycles. The predicted octanol–water partition coefficient (Wildman–Crippen LogP) is 3.72. The van der Waals surface area contributed by atoms with Crippen molar-refractivity contribution >= 4 is 35.0 Å². The van der Waals surface area contributed by atoms with Gasteiger partial charge in [-0.05, 0) is 41.5 Å². The summed E-state index contributed by atoms with van der Waals surface area (Å²) in [6.45, 7) is 0.0535. The molecule has 4 aliphatic rings. The Kier molecular flexibility index (Phi) is 4.68. The number of rotatable bonds is 4. The van der Waals surface area contributed by atoms with Crippen molar-refractivity contribution in [2.45, 2.75) is 12.1 Å². The van der Waals surface area contributed by atoms with Crippen LogP contribution in [0.3, 0.4) is 0 Å². The van der Waals surface area contributed by atoms with E-state index >= 15 is 0 Å². The van der Waals surface area contributed by atoms with Crippen molar-refractivity contribution in [1.82, 2.24) is 4.90 Å². The smallest absolute Gasteiger partial charge is 0.269 e. The molecule has 2 amide bonds. The zero-order valence-corrected chi connectivity index (χ0v) is 19.7. The van der Waals surface area contributed by atoms with Crippen molar-refractivity contribution in [3.05, 3.63) is 99.7 Å². The molecule has 0 N–H and O–H groups in total. The first-order valence-corrected chi connectivity index (χ1v) is 12.0. The van der Waals surface area contributed by atoms with Crippen molar-refractivity contribution in [2.24, 2.45) is 11.8 Å². The number of carbonyl (C=O) groups excluding carboxylic acids is 3. The molecule has 0 radical (unpaired) electrons. The second-order valence-corrected chi connectivity index (χ2v) is 9.55. The summed E-state index contributed by atoms with van der Waals surface area (Å²) in [5, 5.41) is 11.1. The van der Waals surface area contributed by atoms with E-state index in [0.29, 0.717) is 17.2 Å². The van der Waals surface area contributed by atoms with Gasteiger partial charge in [0, 0.05) is 30.0 Å². The molecule has 0 aliphatic carbocycles. The summed E-state index contributed by atoms with van der Waals surface area (Å²) in [4.78, 5) is 55.4. The molecule has 2 fully saturated rings. The van der Waals surface area contributed by atoms with Gasteiger partial charge in [0.05, 0.1) is 28.5 Å². The highest BCUT2D eigenvalue weighted by Crippen LogP contribution is 2.54. The van der Waals surface area contributed by atoms with E-state index in [1.807, 2.05) is 30.3 Å². The standard InChI is InChI=1S/C28H19N3O7/c32-26(16-5-7-17(8-6-16)31(35)36)25-23-22(24-19-4-2-1-3-15(19)11-12-29(24)25)27(33)30(28(23)34)18-9-10-20-21(13-18)38-14-37-20/h1-13,22-25H,14H2. The number of hydrogen-bond donors (Lipinski definition) is 0. The lowest BCUT2D eigenvalue weighted by atomic mass is 9.83. The van der Waals surface area contributed by atoms with Gasteiger partial charge in [0.25, 0.3) is 5.69 Å². The molecule has 0 saturated carbocycles. The van der Waals surface area contributed by atoms with Crippen LogP contribution in [0.25, 0.3) is 6.08 Å². The lowest BCUT2D eigenvalue weighted by molar-refractivity contribution is -0.384. The average molecular weight is 509 g/mol. The fourth-order valence-corrected chi connectivity index (χ4v) is 6.05. The summed E-state index contributed by atoms with van der Waals surface area (Å²) < 4.78 is 10.8. The fraction of sp³-hybridized carbons (Fsp3) is 0.179. The highest BCUT2D eigenvalue weighted by atomic mass is 16.7. The number of non-ortho nitro benzene ring substituents is 1. The van der Waals surface area contributed by atoms with Crippen LogP contribution >= 0.6 is 0 Å². The van der Waals surface area contributed by atoms with Gasteiger partial charge in [0.1, 0.15) is 6.04 Å². The third-order valence-electron chi connectivity index (χ3n) is 7.71. The molecule has 10 nitrogen and oxygen atoms in total. The number of nitro benzene ring substituents is 1. The molecule has 4 atom stereocenters. The van der Waals surface area contributed by atoms with Crippen LogP contribution in [0.4, 0.5) is 11.4 Å². The molecule has 38 heavy (non-hydrogen) atoms. The first-order chi connectivity index (χ1) is 18.4. The number of ketones is 1. The van der Waals surface area contributed by atoms with Gasteiger partial charge >= 0.3 is 0 Å². The van der Waals surface area contributed by atoms with E-state index in [-0.39, 0.29) is 23.8 Å². The van der Waals surface area contributed by atoms with Crippen molar-refractivity contribution < 1.29 is 28.8 Å². The molecule has 0 spiro atoms. The number of imide groups is 1. The molecule has 10 heteroatoms. The third-order valence-corrected chi connectivity index (χ3v) is 7.71. The van der Waals surface area contributed by atoms with E-state index in [0.717, 1.165) is 16.0 Å². The van der Waals surface area contributed by atoms with Gasteiger partial charge in [0.2, 0.25) is 18.6 Å². The predicted molar refractivity (Wildman–Crippen MR) is 133 cm³/mol. The van der Waals surface area contributed by atoms with E-state index in [2.05, 4.69) is 0 Å². The largest absolute Gasteiger partial charge is 0.454 e. The summed E-state index contributed by atoms with van der Waals surface area (Å²) in [7, 11) is 0. The molecule has 3 aromatic carbocycles. The maximum atomic E-state index is 14.0. The maximum absolute atomic E-state index is 14.0. The first kappa shape index (κ1) is 22.2. The van der Waals surface area contributed by atoms with Crippen LogP contribution in [0.5, 0.6) is 11.5 Å². The maximum Gasteiger partial charge on any atom is 0.269 e. The Hall–Kier alpha value is -4.99. The minimum absolute atomic E-state index is 0.0535. The van der Waals surface area contributed by atoms with Gasteiger partial charge in [-0.15, -0.1) is 0 Å². The van der Waals surface area contributed by atoms with Crippen molar-refractivity contribution in [3.8, 4) is 11.5 Å².